The first kappa shape index (κ1) is 14.2. The number of carbonyl (C=O) groups is 1. The number of halogens is 3. The van der Waals surface area contributed by atoms with E-state index in [-0.39, 0.29) is 5.70 Å². The molecule has 0 amide bonds. The number of ketones is 1. The van der Waals surface area contributed by atoms with Crippen molar-refractivity contribution in [3.05, 3.63) is 35.2 Å². The number of aryl methyl sites for hydroxylation is 2. The summed E-state index contributed by atoms with van der Waals surface area (Å²) in [5.74, 6) is -1.48. The van der Waals surface area contributed by atoms with Crippen LogP contribution in [0.2, 0.25) is 0 Å². The summed E-state index contributed by atoms with van der Waals surface area (Å²) < 4.78 is 36.1. The summed E-state index contributed by atoms with van der Waals surface area (Å²) in [4.78, 5) is 14.8. The molecule has 6 heteroatoms. The van der Waals surface area contributed by atoms with Crippen LogP contribution in [0.1, 0.15) is 18.2 Å². The van der Waals surface area contributed by atoms with Crippen LogP contribution in [0.5, 0.6) is 0 Å². The van der Waals surface area contributed by atoms with Crippen LogP contribution >= 0.6 is 0 Å². The zero-order valence-electron chi connectivity index (χ0n) is 10.2. The molecule has 0 fully saturated rings. The molecule has 1 rings (SSSR count). The maximum absolute atomic E-state index is 12.0. The standard InChI is InChI=1S/C12H13F3N2O/c1-7-4-8(2)16-11(5-7)17-9(3)6-10(18)12(13,14)15/h4-6H,1-3H3,(H,16,17)/b9-6-. The molecule has 0 aliphatic heterocycles. The Morgan fingerprint density at radius 3 is 2.44 bits per heavy atom. The number of carbonyl (C=O) groups excluding carboxylic acids is 1. The van der Waals surface area contributed by atoms with Crippen LogP contribution in [0.25, 0.3) is 0 Å². The highest BCUT2D eigenvalue weighted by atomic mass is 19.4. The summed E-state index contributed by atoms with van der Waals surface area (Å²) in [6, 6.07) is 3.52. The third kappa shape index (κ3) is 4.20. The summed E-state index contributed by atoms with van der Waals surface area (Å²) in [7, 11) is 0. The molecule has 0 aliphatic rings. The van der Waals surface area contributed by atoms with Gasteiger partial charge in [-0.15, -0.1) is 0 Å². The number of nitrogens with one attached hydrogen (secondary N) is 1. The Hall–Kier alpha value is -1.85. The zero-order chi connectivity index (χ0) is 13.9. The van der Waals surface area contributed by atoms with Gasteiger partial charge in [0, 0.05) is 17.5 Å². The maximum atomic E-state index is 12.0. The van der Waals surface area contributed by atoms with Gasteiger partial charge in [-0.05, 0) is 38.5 Å². The molecule has 0 aliphatic carbocycles. The SMILES string of the molecule is C/C(=C/C(=O)C(F)(F)F)Nc1cc(C)cc(C)n1. The van der Waals surface area contributed by atoms with Crippen molar-refractivity contribution >= 4 is 11.6 Å². The van der Waals surface area contributed by atoms with Crippen molar-refractivity contribution in [2.75, 3.05) is 5.32 Å². The fourth-order valence-corrected chi connectivity index (χ4v) is 1.42. The first-order valence-corrected chi connectivity index (χ1v) is 5.20. The Morgan fingerprint density at radius 2 is 1.94 bits per heavy atom. The van der Waals surface area contributed by atoms with Crippen molar-refractivity contribution < 1.29 is 18.0 Å². The number of hydrogen-bond acceptors (Lipinski definition) is 3. The van der Waals surface area contributed by atoms with Gasteiger partial charge in [-0.2, -0.15) is 13.2 Å². The van der Waals surface area contributed by atoms with E-state index in [9.17, 15) is 18.0 Å². The molecule has 1 N–H and O–H groups in total. The molecular formula is C12H13F3N2O. The monoisotopic (exact) mass is 258 g/mol. The molecular weight excluding hydrogens is 245 g/mol. The second kappa shape index (κ2) is 5.20. The molecule has 1 aromatic heterocycles. The van der Waals surface area contributed by atoms with Gasteiger partial charge in [0.25, 0.3) is 5.78 Å². The summed E-state index contributed by atoms with van der Waals surface area (Å²) in [5.41, 5.74) is 1.77. The summed E-state index contributed by atoms with van der Waals surface area (Å²) in [6.45, 7) is 5.00. The summed E-state index contributed by atoms with van der Waals surface area (Å²) in [5, 5.41) is 2.66. The number of rotatable bonds is 3. The fraction of sp³-hybridized carbons (Fsp3) is 0.333. The van der Waals surface area contributed by atoms with Crippen molar-refractivity contribution in [1.82, 2.24) is 4.98 Å². The van der Waals surface area contributed by atoms with E-state index < -0.39 is 12.0 Å². The van der Waals surface area contributed by atoms with Crippen molar-refractivity contribution in [3.8, 4) is 0 Å². The van der Waals surface area contributed by atoms with E-state index >= 15 is 0 Å². The minimum Gasteiger partial charge on any atom is -0.344 e. The van der Waals surface area contributed by atoms with E-state index in [1.54, 1.807) is 13.0 Å². The first-order chi connectivity index (χ1) is 8.18. The van der Waals surface area contributed by atoms with Crippen LogP contribution in [-0.4, -0.2) is 16.9 Å². The van der Waals surface area contributed by atoms with E-state index in [2.05, 4.69) is 10.3 Å². The number of hydrogen-bond donors (Lipinski definition) is 1. The topological polar surface area (TPSA) is 42.0 Å². The maximum Gasteiger partial charge on any atom is 0.454 e. The highest BCUT2D eigenvalue weighted by molar-refractivity contribution is 5.95. The quantitative estimate of drug-likeness (QED) is 0.847. The van der Waals surface area contributed by atoms with Crippen LogP contribution in [0.3, 0.4) is 0 Å². The van der Waals surface area contributed by atoms with Crippen LogP contribution in [-0.2, 0) is 4.79 Å². The second-order valence-corrected chi connectivity index (χ2v) is 3.99. The Bertz CT molecular complexity index is 472. The van der Waals surface area contributed by atoms with Crippen LogP contribution < -0.4 is 5.32 Å². The minimum atomic E-state index is -4.85. The van der Waals surface area contributed by atoms with Crippen molar-refractivity contribution in [2.45, 2.75) is 26.9 Å². The van der Waals surface area contributed by atoms with Crippen molar-refractivity contribution in [3.63, 3.8) is 0 Å². The number of allylic oxidation sites excluding steroid dienone is 2. The molecule has 0 saturated heterocycles. The van der Waals surface area contributed by atoms with Crippen LogP contribution in [0, 0.1) is 13.8 Å². The number of alkyl halides is 3. The van der Waals surface area contributed by atoms with Crippen molar-refractivity contribution in [1.29, 1.82) is 0 Å². The van der Waals surface area contributed by atoms with Crippen molar-refractivity contribution in [2.24, 2.45) is 0 Å². The largest absolute Gasteiger partial charge is 0.454 e. The molecule has 1 heterocycles. The second-order valence-electron chi connectivity index (χ2n) is 3.99. The Labute approximate surface area is 103 Å². The molecule has 18 heavy (non-hydrogen) atoms. The molecule has 0 atom stereocenters. The van der Waals surface area contributed by atoms with Gasteiger partial charge in [-0.1, -0.05) is 0 Å². The van der Waals surface area contributed by atoms with E-state index in [4.69, 9.17) is 0 Å². The highest BCUT2D eigenvalue weighted by Gasteiger charge is 2.36. The third-order valence-corrected chi connectivity index (χ3v) is 2.05. The minimum absolute atomic E-state index is 0.0924. The normalized spacial score (nSPS) is 12.4. The lowest BCUT2D eigenvalue weighted by molar-refractivity contribution is -0.165. The van der Waals surface area contributed by atoms with E-state index in [1.165, 1.54) is 6.92 Å². The average Bonchev–Trinajstić information content (AvgIpc) is 2.13. The van der Waals surface area contributed by atoms with Gasteiger partial charge in [-0.3, -0.25) is 4.79 Å². The molecule has 0 saturated carbocycles. The summed E-state index contributed by atoms with van der Waals surface area (Å²) in [6.07, 6.45) is -4.34. The summed E-state index contributed by atoms with van der Waals surface area (Å²) >= 11 is 0. The van der Waals surface area contributed by atoms with E-state index in [1.807, 2.05) is 13.0 Å². The fourth-order valence-electron chi connectivity index (χ4n) is 1.42. The van der Waals surface area contributed by atoms with Gasteiger partial charge in [0.2, 0.25) is 0 Å². The van der Waals surface area contributed by atoms with E-state index in [0.717, 1.165) is 11.3 Å². The van der Waals surface area contributed by atoms with Gasteiger partial charge >= 0.3 is 6.18 Å². The molecule has 1 aromatic rings. The van der Waals surface area contributed by atoms with Gasteiger partial charge in [0.15, 0.2) is 0 Å². The molecule has 0 bridgehead atoms. The first-order valence-electron chi connectivity index (χ1n) is 5.20. The van der Waals surface area contributed by atoms with E-state index in [0.29, 0.717) is 11.9 Å². The number of nitrogens with zero attached hydrogens (tertiary/aromatic N) is 1. The predicted molar refractivity (Wildman–Crippen MR) is 62.2 cm³/mol. The molecule has 3 nitrogen and oxygen atoms in total. The number of aromatic nitrogens is 1. The lowest BCUT2D eigenvalue weighted by Crippen LogP contribution is -2.21. The molecule has 0 aromatic carbocycles. The van der Waals surface area contributed by atoms with Crippen LogP contribution in [0.4, 0.5) is 19.0 Å². The van der Waals surface area contributed by atoms with Crippen LogP contribution in [0.15, 0.2) is 23.9 Å². The van der Waals surface area contributed by atoms with Gasteiger partial charge in [0.05, 0.1) is 0 Å². The smallest absolute Gasteiger partial charge is 0.344 e. The molecule has 0 spiro atoms. The Morgan fingerprint density at radius 1 is 1.33 bits per heavy atom. The third-order valence-electron chi connectivity index (χ3n) is 2.05. The number of pyridine rings is 1. The Balaban J connectivity index is 2.84. The highest BCUT2D eigenvalue weighted by Crippen LogP contribution is 2.18. The van der Waals surface area contributed by atoms with Gasteiger partial charge in [0.1, 0.15) is 5.82 Å². The molecule has 0 radical (unpaired) electrons. The van der Waals surface area contributed by atoms with Gasteiger partial charge in [-0.25, -0.2) is 4.98 Å². The average molecular weight is 258 g/mol. The van der Waals surface area contributed by atoms with Gasteiger partial charge < -0.3 is 5.32 Å². The zero-order valence-corrected chi connectivity index (χ0v) is 10.2. The Kier molecular flexibility index (Phi) is 4.11. The molecule has 0 unspecified atom stereocenters. The lowest BCUT2D eigenvalue weighted by Gasteiger charge is -2.08. The number of anilines is 1. The lowest BCUT2D eigenvalue weighted by atomic mass is 10.2. The molecule has 98 valence electrons. The predicted octanol–water partition coefficient (Wildman–Crippen LogP) is 3.15.